The molecule has 7 atom stereocenters. The Morgan fingerprint density at radius 3 is 1.81 bits per heavy atom. The van der Waals surface area contributed by atoms with E-state index in [0.29, 0.717) is 19.4 Å². The van der Waals surface area contributed by atoms with E-state index in [-0.39, 0.29) is 31.9 Å². The molecule has 1 rings (SSSR count). The van der Waals surface area contributed by atoms with E-state index in [2.05, 4.69) is 31.6 Å². The minimum atomic E-state index is -1.89. The lowest BCUT2D eigenvalue weighted by atomic mass is 10.0. The predicted molar refractivity (Wildman–Crippen MR) is 203 cm³/mol. The summed E-state index contributed by atoms with van der Waals surface area (Å²) in [6, 6.07) is -10.3. The van der Waals surface area contributed by atoms with Crippen molar-refractivity contribution in [2.75, 3.05) is 39.4 Å². The molecule has 1 aliphatic heterocycles. The van der Waals surface area contributed by atoms with Gasteiger partial charge in [0.15, 0.2) is 5.96 Å². The van der Waals surface area contributed by atoms with E-state index in [9.17, 15) is 68.4 Å². The summed E-state index contributed by atoms with van der Waals surface area (Å²) in [5.41, 5.74) is 16.1. The van der Waals surface area contributed by atoms with E-state index < -0.39 is 134 Å². The molecule has 0 aliphatic carbocycles. The number of amides is 8. The quantitative estimate of drug-likeness (QED) is 0.0230. The maximum atomic E-state index is 13.2. The number of nitrogens with zero attached hydrogens (tertiary/aromatic N) is 2. The average Bonchev–Trinajstić information content (AvgIpc) is 3.67. The van der Waals surface area contributed by atoms with Crippen molar-refractivity contribution in [3.8, 4) is 0 Å². The number of likely N-dealkylation sites (tertiary alicyclic amines) is 1. The first kappa shape index (κ1) is 50.9. The van der Waals surface area contributed by atoms with Gasteiger partial charge < -0.3 is 79.7 Å². The van der Waals surface area contributed by atoms with Crippen molar-refractivity contribution in [1.82, 2.24) is 42.1 Å². The van der Waals surface area contributed by atoms with Gasteiger partial charge >= 0.3 is 11.9 Å². The fourth-order valence-corrected chi connectivity index (χ4v) is 5.52. The van der Waals surface area contributed by atoms with Gasteiger partial charge in [-0.15, -0.1) is 0 Å². The lowest BCUT2D eigenvalue weighted by Gasteiger charge is -2.26. The zero-order valence-corrected chi connectivity index (χ0v) is 32.9. The number of carbonyl (C=O) groups excluding carboxylic acids is 8. The van der Waals surface area contributed by atoms with E-state index in [1.54, 1.807) is 0 Å². The molecule has 26 heteroatoms. The second kappa shape index (κ2) is 25.3. The number of carboxylic acids is 2. The van der Waals surface area contributed by atoms with Gasteiger partial charge in [-0.2, -0.15) is 0 Å². The van der Waals surface area contributed by atoms with E-state index >= 15 is 0 Å². The first-order chi connectivity index (χ1) is 27.7. The first-order valence-electron chi connectivity index (χ1n) is 18.5. The molecule has 1 aliphatic rings. The average molecular weight is 845 g/mol. The molecule has 1 saturated heterocycles. The Hall–Kier alpha value is -6.15. The van der Waals surface area contributed by atoms with Gasteiger partial charge in [0.2, 0.25) is 47.3 Å². The Morgan fingerprint density at radius 1 is 0.746 bits per heavy atom. The minimum absolute atomic E-state index is 0.0391. The molecule has 0 bridgehead atoms. The lowest BCUT2D eigenvalue weighted by Crippen LogP contribution is -2.60. The summed E-state index contributed by atoms with van der Waals surface area (Å²) in [6.45, 7) is 1.36. The summed E-state index contributed by atoms with van der Waals surface area (Å²) in [6.07, 6.45) is -0.0958. The van der Waals surface area contributed by atoms with Crippen LogP contribution in [-0.2, 0) is 47.9 Å². The van der Waals surface area contributed by atoms with Crippen LogP contribution in [0.1, 0.15) is 52.9 Å². The molecule has 0 unspecified atom stereocenters. The fourth-order valence-electron chi connectivity index (χ4n) is 5.52. The fraction of sp³-hybridized carbons (Fsp3) is 0.667. The molecule has 17 N–H and O–H groups in total. The van der Waals surface area contributed by atoms with Crippen molar-refractivity contribution in [1.29, 1.82) is 0 Å². The van der Waals surface area contributed by atoms with Gasteiger partial charge in [0, 0.05) is 13.1 Å². The summed E-state index contributed by atoms with van der Waals surface area (Å²) >= 11 is 0. The second-order valence-corrected chi connectivity index (χ2v) is 13.7. The van der Waals surface area contributed by atoms with Crippen molar-refractivity contribution < 1.29 is 68.4 Å². The topological polar surface area (TPSA) is 429 Å². The van der Waals surface area contributed by atoms with E-state index in [0.717, 1.165) is 0 Å². The Bertz CT molecular complexity index is 1570. The third-order valence-electron chi connectivity index (χ3n) is 8.70. The molecule has 1 fully saturated rings. The van der Waals surface area contributed by atoms with Crippen LogP contribution in [0.2, 0.25) is 0 Å². The Morgan fingerprint density at radius 2 is 1.31 bits per heavy atom. The smallest absolute Gasteiger partial charge is 0.326 e. The van der Waals surface area contributed by atoms with E-state index in [1.807, 2.05) is 10.6 Å². The van der Waals surface area contributed by atoms with Gasteiger partial charge in [-0.25, -0.2) is 4.79 Å². The number of guanidine groups is 1. The maximum Gasteiger partial charge on any atom is 0.326 e. The predicted octanol–water partition coefficient (Wildman–Crippen LogP) is -7.77. The van der Waals surface area contributed by atoms with Crippen LogP contribution < -0.4 is 54.4 Å². The first-order valence-corrected chi connectivity index (χ1v) is 18.5. The lowest BCUT2D eigenvalue weighted by molar-refractivity contribution is -0.144. The Kier molecular flexibility index (Phi) is 21.8. The van der Waals surface area contributed by atoms with E-state index in [4.69, 9.17) is 17.2 Å². The summed E-state index contributed by atoms with van der Waals surface area (Å²) in [5, 5.41) is 53.6. The molecule has 26 nitrogen and oxygen atoms in total. The highest BCUT2D eigenvalue weighted by Gasteiger charge is 2.36. The highest BCUT2D eigenvalue weighted by atomic mass is 16.4. The van der Waals surface area contributed by atoms with Crippen molar-refractivity contribution in [2.45, 2.75) is 95.2 Å². The summed E-state index contributed by atoms with van der Waals surface area (Å²) in [5.74, 6) is -11.4. The number of carboxylic acid groups (broad SMARTS) is 2. The van der Waals surface area contributed by atoms with Crippen LogP contribution in [0.4, 0.5) is 0 Å². The molecule has 332 valence electrons. The van der Waals surface area contributed by atoms with Crippen molar-refractivity contribution in [3.63, 3.8) is 0 Å². The highest BCUT2D eigenvalue weighted by molar-refractivity contribution is 5.98. The maximum absolute atomic E-state index is 13.2. The number of carbonyl (C=O) groups is 10. The van der Waals surface area contributed by atoms with Gasteiger partial charge in [-0.05, 0) is 38.5 Å². The minimum Gasteiger partial charge on any atom is -0.481 e. The largest absolute Gasteiger partial charge is 0.481 e. The standard InChI is InChI=1S/C33H56N12O14/c1-15(2)25(32(58)59)44-30(56)20(14-47)43-29(55)19(13-46)42-28(54)18(10-24(50)51)40-22(48)12-38-27(53)17(6-4-8-37-33(35)36)41-26(52)16(3)39-31(57)21-7-5-9-45(21)23(49)11-34/h15-21,25,46-47H,4-14,34H2,1-3H3,(H,38,53)(H,39,57)(H,40,48)(H,41,52)(H,42,54)(H,43,55)(H,44,56)(H,50,51)(H,58,59)(H4,35,36,37)/t16-,17-,18-,19-,20-,21-,25-/m0/s1. The molecule has 0 aromatic carbocycles. The van der Waals surface area contributed by atoms with Crippen LogP contribution in [0.25, 0.3) is 0 Å². The highest BCUT2D eigenvalue weighted by Crippen LogP contribution is 2.17. The van der Waals surface area contributed by atoms with Crippen molar-refractivity contribution in [2.24, 2.45) is 28.1 Å². The van der Waals surface area contributed by atoms with Gasteiger partial charge in [0.05, 0.1) is 32.7 Å². The van der Waals surface area contributed by atoms with Crippen LogP contribution in [0.5, 0.6) is 0 Å². The molecular formula is C33H56N12O14. The molecule has 0 aromatic heterocycles. The Balaban J connectivity index is 2.99. The van der Waals surface area contributed by atoms with Gasteiger partial charge in [-0.1, -0.05) is 13.8 Å². The number of aliphatic carboxylic acids is 2. The molecule has 0 saturated carbocycles. The van der Waals surface area contributed by atoms with Crippen LogP contribution in [0.15, 0.2) is 4.99 Å². The van der Waals surface area contributed by atoms with Crippen molar-refractivity contribution >= 4 is 65.2 Å². The molecule has 0 aromatic rings. The monoisotopic (exact) mass is 844 g/mol. The number of aliphatic imine (C=N–C) groups is 1. The molecule has 0 spiro atoms. The molecule has 59 heavy (non-hydrogen) atoms. The van der Waals surface area contributed by atoms with Gasteiger partial charge in [-0.3, -0.25) is 48.1 Å². The number of nitrogens with two attached hydrogens (primary N) is 3. The van der Waals surface area contributed by atoms with Gasteiger partial charge in [0.1, 0.15) is 42.3 Å². The second-order valence-electron chi connectivity index (χ2n) is 13.7. The molecule has 1 heterocycles. The SMILES string of the molecule is CC(C)[C@H](NC(=O)[C@H](CO)NC(=O)[C@H](CO)NC(=O)[C@H](CC(=O)O)NC(=O)CNC(=O)[C@H](CCCN=C(N)N)NC(=O)[C@H](C)NC(=O)[C@@H]1CCCN1C(=O)CN)C(=O)O. The number of aliphatic hydroxyl groups excluding tert-OH is 2. The zero-order chi connectivity index (χ0) is 45.0. The van der Waals surface area contributed by atoms with Gasteiger partial charge in [0.25, 0.3) is 0 Å². The number of nitrogens with one attached hydrogen (secondary N) is 7. The molecule has 0 radical (unpaired) electrons. The number of hydrogen-bond acceptors (Lipinski definition) is 14. The third kappa shape index (κ3) is 17.5. The summed E-state index contributed by atoms with van der Waals surface area (Å²) < 4.78 is 0. The number of rotatable bonds is 25. The number of aliphatic hydroxyl groups is 2. The Labute approximate surface area is 338 Å². The summed E-state index contributed by atoms with van der Waals surface area (Å²) in [7, 11) is 0. The van der Waals surface area contributed by atoms with Crippen LogP contribution in [0.3, 0.4) is 0 Å². The van der Waals surface area contributed by atoms with Crippen LogP contribution in [-0.4, -0.2) is 172 Å². The third-order valence-corrected chi connectivity index (χ3v) is 8.70. The van der Waals surface area contributed by atoms with Crippen LogP contribution >= 0.6 is 0 Å². The normalized spacial score (nSPS) is 16.5. The molecular weight excluding hydrogens is 788 g/mol. The van der Waals surface area contributed by atoms with Crippen molar-refractivity contribution in [3.05, 3.63) is 0 Å². The zero-order valence-electron chi connectivity index (χ0n) is 32.9. The summed E-state index contributed by atoms with van der Waals surface area (Å²) in [4.78, 5) is 131. The molecule has 8 amide bonds. The number of hydrogen-bond donors (Lipinski definition) is 14. The van der Waals surface area contributed by atoms with E-state index in [1.165, 1.54) is 25.7 Å². The van der Waals surface area contributed by atoms with Crippen LogP contribution in [0, 0.1) is 5.92 Å².